The van der Waals surface area contributed by atoms with Gasteiger partial charge < -0.3 is 5.32 Å². The lowest BCUT2D eigenvalue weighted by atomic mass is 9.84. The lowest BCUT2D eigenvalue weighted by molar-refractivity contribution is 0.327. The summed E-state index contributed by atoms with van der Waals surface area (Å²) in [6.07, 6.45) is 2.60. The van der Waals surface area contributed by atoms with Crippen LogP contribution in [-0.4, -0.2) is 18.1 Å². The number of aromatic nitrogens is 1. The Kier molecular flexibility index (Phi) is 3.98. The second-order valence-corrected chi connectivity index (χ2v) is 6.03. The minimum absolute atomic E-state index is 0.568. The Bertz CT molecular complexity index is 326. The van der Waals surface area contributed by atoms with Crippen molar-refractivity contribution < 1.29 is 0 Å². The van der Waals surface area contributed by atoms with E-state index in [9.17, 15) is 0 Å². The molecule has 1 aliphatic rings. The molecule has 0 bridgehead atoms. The van der Waals surface area contributed by atoms with Crippen molar-refractivity contribution in [2.45, 2.75) is 45.4 Å². The molecular weight excluding hydrogens is 216 g/mol. The normalized spacial score (nSPS) is 20.2. The molecule has 0 amide bonds. The van der Waals surface area contributed by atoms with Gasteiger partial charge in [-0.3, -0.25) is 0 Å². The highest BCUT2D eigenvalue weighted by atomic mass is 32.1. The molecule has 2 nitrogen and oxygen atoms in total. The van der Waals surface area contributed by atoms with Crippen LogP contribution in [0.1, 0.15) is 56.2 Å². The summed E-state index contributed by atoms with van der Waals surface area (Å²) >= 11 is 1.82. The highest BCUT2D eigenvalue weighted by molar-refractivity contribution is 7.09. The van der Waals surface area contributed by atoms with Crippen molar-refractivity contribution in [2.75, 3.05) is 13.1 Å². The van der Waals surface area contributed by atoms with E-state index in [4.69, 9.17) is 4.98 Å². The van der Waals surface area contributed by atoms with Crippen molar-refractivity contribution in [1.82, 2.24) is 10.3 Å². The Hall–Kier alpha value is -0.410. The standard InChI is InChI=1S/C13H22N2S/c1-9(2)13-15-12(8-16-13)10(3)11-4-6-14-7-5-11/h8-11,14H,4-7H2,1-3H3. The fourth-order valence-corrected chi connectivity index (χ4v) is 3.30. The van der Waals surface area contributed by atoms with Gasteiger partial charge in [-0.25, -0.2) is 4.98 Å². The maximum Gasteiger partial charge on any atom is 0.0953 e. The zero-order valence-corrected chi connectivity index (χ0v) is 11.3. The summed E-state index contributed by atoms with van der Waals surface area (Å²) in [5, 5.41) is 6.98. The van der Waals surface area contributed by atoms with Crippen LogP contribution < -0.4 is 5.32 Å². The highest BCUT2D eigenvalue weighted by Crippen LogP contribution is 2.32. The third-order valence-electron chi connectivity index (χ3n) is 3.59. The molecule has 2 rings (SSSR count). The van der Waals surface area contributed by atoms with Crippen molar-refractivity contribution in [2.24, 2.45) is 5.92 Å². The Labute approximate surface area is 102 Å². The number of rotatable bonds is 3. The number of nitrogens with one attached hydrogen (secondary N) is 1. The largest absolute Gasteiger partial charge is 0.317 e. The van der Waals surface area contributed by atoms with Gasteiger partial charge in [-0.2, -0.15) is 0 Å². The van der Waals surface area contributed by atoms with Crippen molar-refractivity contribution in [1.29, 1.82) is 0 Å². The molecule has 1 saturated heterocycles. The maximum atomic E-state index is 4.78. The van der Waals surface area contributed by atoms with E-state index in [2.05, 4.69) is 31.5 Å². The van der Waals surface area contributed by atoms with Gasteiger partial charge >= 0.3 is 0 Å². The Balaban J connectivity index is 2.04. The molecule has 1 unspecified atom stereocenters. The molecule has 2 heterocycles. The fraction of sp³-hybridized carbons (Fsp3) is 0.769. The van der Waals surface area contributed by atoms with E-state index in [1.807, 2.05) is 11.3 Å². The first-order chi connectivity index (χ1) is 7.68. The third-order valence-corrected chi connectivity index (χ3v) is 4.75. The molecular formula is C13H22N2S. The van der Waals surface area contributed by atoms with Gasteiger partial charge in [0.25, 0.3) is 0 Å². The minimum Gasteiger partial charge on any atom is -0.317 e. The van der Waals surface area contributed by atoms with Crippen LogP contribution in [0.3, 0.4) is 0 Å². The molecule has 1 N–H and O–H groups in total. The van der Waals surface area contributed by atoms with E-state index >= 15 is 0 Å². The molecule has 90 valence electrons. The lowest BCUT2D eigenvalue weighted by Gasteiger charge is -2.27. The number of piperidine rings is 1. The molecule has 1 aromatic heterocycles. The summed E-state index contributed by atoms with van der Waals surface area (Å²) < 4.78 is 0. The van der Waals surface area contributed by atoms with Gasteiger partial charge in [0.1, 0.15) is 0 Å². The van der Waals surface area contributed by atoms with Gasteiger partial charge in [0.15, 0.2) is 0 Å². The summed E-state index contributed by atoms with van der Waals surface area (Å²) in [5.41, 5.74) is 1.32. The molecule has 16 heavy (non-hydrogen) atoms. The summed E-state index contributed by atoms with van der Waals surface area (Å²) in [6, 6.07) is 0. The van der Waals surface area contributed by atoms with Crippen LogP contribution in [-0.2, 0) is 0 Å². The van der Waals surface area contributed by atoms with Crippen LogP contribution in [0.2, 0.25) is 0 Å². The predicted octanol–water partition coefficient (Wildman–Crippen LogP) is 3.37. The smallest absolute Gasteiger partial charge is 0.0953 e. The van der Waals surface area contributed by atoms with Crippen LogP contribution in [0.25, 0.3) is 0 Å². The Morgan fingerprint density at radius 3 is 2.56 bits per heavy atom. The zero-order valence-electron chi connectivity index (χ0n) is 10.5. The lowest BCUT2D eigenvalue weighted by Crippen LogP contribution is -2.30. The van der Waals surface area contributed by atoms with E-state index in [1.165, 1.54) is 36.6 Å². The van der Waals surface area contributed by atoms with E-state index in [0.717, 1.165) is 5.92 Å². The molecule has 1 fully saturated rings. The molecule has 3 heteroatoms. The van der Waals surface area contributed by atoms with Crippen molar-refractivity contribution in [3.05, 3.63) is 16.1 Å². The van der Waals surface area contributed by atoms with Crippen LogP contribution in [0.15, 0.2) is 5.38 Å². The van der Waals surface area contributed by atoms with Gasteiger partial charge in [0.05, 0.1) is 10.7 Å². The first-order valence-corrected chi connectivity index (χ1v) is 7.22. The van der Waals surface area contributed by atoms with E-state index in [-0.39, 0.29) is 0 Å². The van der Waals surface area contributed by atoms with Crippen LogP contribution in [0, 0.1) is 5.92 Å². The average molecular weight is 238 g/mol. The number of nitrogens with zero attached hydrogens (tertiary/aromatic N) is 1. The maximum absolute atomic E-state index is 4.78. The Morgan fingerprint density at radius 2 is 2.00 bits per heavy atom. The molecule has 1 atom stereocenters. The molecule has 1 aromatic rings. The minimum atomic E-state index is 0.568. The SMILES string of the molecule is CC(C)c1nc(C(C)C2CCNCC2)cs1. The van der Waals surface area contributed by atoms with Crippen LogP contribution in [0.4, 0.5) is 0 Å². The predicted molar refractivity (Wildman–Crippen MR) is 70.2 cm³/mol. The summed E-state index contributed by atoms with van der Waals surface area (Å²) in [4.78, 5) is 4.78. The van der Waals surface area contributed by atoms with Crippen molar-refractivity contribution >= 4 is 11.3 Å². The van der Waals surface area contributed by atoms with Crippen LogP contribution >= 0.6 is 11.3 Å². The second-order valence-electron chi connectivity index (χ2n) is 5.14. The summed E-state index contributed by atoms with van der Waals surface area (Å²) in [6.45, 7) is 9.14. The topological polar surface area (TPSA) is 24.9 Å². The molecule has 0 saturated carbocycles. The summed E-state index contributed by atoms with van der Waals surface area (Å²) in [5.74, 6) is 2.02. The first kappa shape index (κ1) is 12.1. The number of thiazole rings is 1. The summed E-state index contributed by atoms with van der Waals surface area (Å²) in [7, 11) is 0. The average Bonchev–Trinajstić information content (AvgIpc) is 2.78. The van der Waals surface area contributed by atoms with Gasteiger partial charge in [-0.05, 0) is 31.8 Å². The van der Waals surface area contributed by atoms with Crippen molar-refractivity contribution in [3.63, 3.8) is 0 Å². The van der Waals surface area contributed by atoms with E-state index < -0.39 is 0 Å². The van der Waals surface area contributed by atoms with Crippen molar-refractivity contribution in [3.8, 4) is 0 Å². The third kappa shape index (κ3) is 2.64. The Morgan fingerprint density at radius 1 is 1.31 bits per heavy atom. The van der Waals surface area contributed by atoms with E-state index in [1.54, 1.807) is 0 Å². The number of hydrogen-bond donors (Lipinski definition) is 1. The quantitative estimate of drug-likeness (QED) is 0.873. The monoisotopic (exact) mass is 238 g/mol. The molecule has 1 aliphatic heterocycles. The van der Waals surface area contributed by atoms with E-state index in [0.29, 0.717) is 11.8 Å². The van der Waals surface area contributed by atoms with Gasteiger partial charge in [-0.1, -0.05) is 20.8 Å². The molecule has 0 radical (unpaired) electrons. The van der Waals surface area contributed by atoms with Gasteiger partial charge in [-0.15, -0.1) is 11.3 Å². The highest BCUT2D eigenvalue weighted by Gasteiger charge is 2.23. The number of hydrogen-bond acceptors (Lipinski definition) is 3. The van der Waals surface area contributed by atoms with Gasteiger partial charge in [0.2, 0.25) is 0 Å². The fourth-order valence-electron chi connectivity index (χ4n) is 2.36. The first-order valence-electron chi connectivity index (χ1n) is 6.34. The second kappa shape index (κ2) is 5.28. The molecule has 0 aliphatic carbocycles. The molecule has 0 aromatic carbocycles. The van der Waals surface area contributed by atoms with Gasteiger partial charge in [0, 0.05) is 17.2 Å². The zero-order chi connectivity index (χ0) is 11.5. The molecule has 0 spiro atoms. The van der Waals surface area contributed by atoms with Crippen LogP contribution in [0.5, 0.6) is 0 Å².